The molecule has 3 N–H and O–H groups in total. The molecule has 2 aromatic rings. The molecule has 0 radical (unpaired) electrons. The molecule has 0 atom stereocenters. The Morgan fingerprint density at radius 2 is 1.94 bits per heavy atom. The van der Waals surface area contributed by atoms with E-state index in [4.69, 9.17) is 5.73 Å². The fraction of sp³-hybridized carbons (Fsp3) is 0.429. The lowest BCUT2D eigenvalue weighted by Gasteiger charge is -2.36. The number of nitrogens with one attached hydrogen (secondary N) is 1. The summed E-state index contributed by atoms with van der Waals surface area (Å²) in [5, 5.41) is 1.32. The van der Waals surface area contributed by atoms with Crippen LogP contribution in [0.4, 0.5) is 5.69 Å². The second kappa shape index (κ2) is 5.00. The molecule has 0 aliphatic carbocycles. The maximum atomic E-state index is 5.61. The van der Waals surface area contributed by atoms with E-state index in [0.29, 0.717) is 0 Å². The van der Waals surface area contributed by atoms with E-state index in [1.807, 2.05) is 6.20 Å². The van der Waals surface area contributed by atoms with Crippen LogP contribution in [0.25, 0.3) is 10.9 Å². The van der Waals surface area contributed by atoms with Crippen LogP contribution in [0.1, 0.15) is 0 Å². The summed E-state index contributed by atoms with van der Waals surface area (Å²) in [5.74, 6) is 0. The Morgan fingerprint density at radius 3 is 2.72 bits per heavy atom. The Balaban J connectivity index is 1.78. The Kier molecular flexibility index (Phi) is 3.21. The number of nitrogens with zero attached hydrogens (tertiary/aromatic N) is 2. The highest BCUT2D eigenvalue weighted by Gasteiger charge is 2.17. The van der Waals surface area contributed by atoms with Crippen LogP contribution in [0.15, 0.2) is 30.5 Å². The Hall–Kier alpha value is -1.52. The molecule has 18 heavy (non-hydrogen) atoms. The van der Waals surface area contributed by atoms with Crippen molar-refractivity contribution in [2.45, 2.75) is 0 Å². The summed E-state index contributed by atoms with van der Waals surface area (Å²) >= 11 is 0. The van der Waals surface area contributed by atoms with E-state index in [2.05, 4.69) is 39.0 Å². The maximum absolute atomic E-state index is 5.61. The van der Waals surface area contributed by atoms with Gasteiger partial charge in [0.1, 0.15) is 0 Å². The molecule has 1 aromatic carbocycles. The summed E-state index contributed by atoms with van der Waals surface area (Å²) in [5.41, 5.74) is 8.17. The van der Waals surface area contributed by atoms with Crippen molar-refractivity contribution in [3.8, 4) is 0 Å². The number of hydrogen-bond donors (Lipinski definition) is 2. The lowest BCUT2D eigenvalue weighted by molar-refractivity contribution is 0.265. The standard InChI is InChI=1S/C14H20N4/c15-5-7-17-8-10-18(11-9-17)14-3-1-2-13-12(14)4-6-16-13/h1-4,6,16H,5,7-11,15H2. The Bertz CT molecular complexity index is 511. The van der Waals surface area contributed by atoms with Gasteiger partial charge in [-0.15, -0.1) is 0 Å². The summed E-state index contributed by atoms with van der Waals surface area (Å²) in [7, 11) is 0. The molecule has 0 amide bonds. The van der Waals surface area contributed by atoms with Crippen LogP contribution < -0.4 is 10.6 Å². The molecule has 1 aliphatic rings. The molecule has 1 fully saturated rings. The van der Waals surface area contributed by atoms with Crippen LogP contribution in [-0.4, -0.2) is 49.2 Å². The van der Waals surface area contributed by atoms with Gasteiger partial charge in [0.2, 0.25) is 0 Å². The van der Waals surface area contributed by atoms with Crippen LogP contribution >= 0.6 is 0 Å². The lowest BCUT2D eigenvalue weighted by Crippen LogP contribution is -2.47. The summed E-state index contributed by atoms with van der Waals surface area (Å²) in [6, 6.07) is 8.63. The van der Waals surface area contributed by atoms with Gasteiger partial charge in [0, 0.05) is 62.1 Å². The van der Waals surface area contributed by atoms with Gasteiger partial charge < -0.3 is 15.6 Å². The molecule has 0 unspecified atom stereocenters. The van der Waals surface area contributed by atoms with Crippen molar-refractivity contribution in [1.29, 1.82) is 0 Å². The maximum Gasteiger partial charge on any atom is 0.0474 e. The first kappa shape index (κ1) is 11.6. The number of rotatable bonds is 3. The number of aromatic nitrogens is 1. The fourth-order valence-corrected chi connectivity index (χ4v) is 2.74. The average molecular weight is 244 g/mol. The number of nitrogens with two attached hydrogens (primary N) is 1. The van der Waals surface area contributed by atoms with Gasteiger partial charge >= 0.3 is 0 Å². The van der Waals surface area contributed by atoms with Crippen molar-refractivity contribution in [2.24, 2.45) is 5.73 Å². The van der Waals surface area contributed by atoms with Crippen molar-refractivity contribution in [2.75, 3.05) is 44.2 Å². The van der Waals surface area contributed by atoms with Gasteiger partial charge in [-0.25, -0.2) is 0 Å². The molecule has 3 rings (SSSR count). The topological polar surface area (TPSA) is 48.3 Å². The van der Waals surface area contributed by atoms with Crippen molar-refractivity contribution in [3.63, 3.8) is 0 Å². The van der Waals surface area contributed by atoms with E-state index in [-0.39, 0.29) is 0 Å². The van der Waals surface area contributed by atoms with Gasteiger partial charge in [-0.1, -0.05) is 6.07 Å². The molecule has 0 saturated carbocycles. The SMILES string of the molecule is NCCN1CCN(c2cccc3[nH]ccc23)CC1. The van der Waals surface area contributed by atoms with Crippen LogP contribution in [0.3, 0.4) is 0 Å². The average Bonchev–Trinajstić information content (AvgIpc) is 2.88. The zero-order valence-electron chi connectivity index (χ0n) is 10.6. The minimum Gasteiger partial charge on any atom is -0.368 e. The van der Waals surface area contributed by atoms with Crippen LogP contribution in [0, 0.1) is 0 Å². The number of H-pyrrole nitrogens is 1. The van der Waals surface area contributed by atoms with Gasteiger partial charge in [-0.2, -0.15) is 0 Å². The second-order valence-electron chi connectivity index (χ2n) is 4.83. The monoisotopic (exact) mass is 244 g/mol. The van der Waals surface area contributed by atoms with Crippen LogP contribution in [0.2, 0.25) is 0 Å². The Labute approximate surface area is 107 Å². The molecular weight excluding hydrogens is 224 g/mol. The predicted molar refractivity (Wildman–Crippen MR) is 76.0 cm³/mol. The van der Waals surface area contributed by atoms with Gasteiger partial charge in [-0.3, -0.25) is 4.90 Å². The number of hydrogen-bond acceptors (Lipinski definition) is 3. The van der Waals surface area contributed by atoms with Crippen molar-refractivity contribution in [1.82, 2.24) is 9.88 Å². The zero-order chi connectivity index (χ0) is 12.4. The summed E-state index contributed by atoms with van der Waals surface area (Å²) < 4.78 is 0. The molecule has 4 nitrogen and oxygen atoms in total. The van der Waals surface area contributed by atoms with E-state index in [9.17, 15) is 0 Å². The van der Waals surface area contributed by atoms with E-state index in [1.165, 1.54) is 16.6 Å². The van der Waals surface area contributed by atoms with E-state index in [1.54, 1.807) is 0 Å². The molecule has 4 heteroatoms. The van der Waals surface area contributed by atoms with Gasteiger partial charge in [0.25, 0.3) is 0 Å². The van der Waals surface area contributed by atoms with Gasteiger partial charge in [0.15, 0.2) is 0 Å². The smallest absolute Gasteiger partial charge is 0.0474 e. The van der Waals surface area contributed by atoms with E-state index in [0.717, 1.165) is 39.3 Å². The van der Waals surface area contributed by atoms with E-state index >= 15 is 0 Å². The van der Waals surface area contributed by atoms with Crippen LogP contribution in [0.5, 0.6) is 0 Å². The third-order valence-corrected chi connectivity index (χ3v) is 3.73. The number of fused-ring (bicyclic) bond motifs is 1. The molecule has 2 heterocycles. The zero-order valence-corrected chi connectivity index (χ0v) is 10.6. The molecule has 1 aromatic heterocycles. The highest BCUT2D eigenvalue weighted by Crippen LogP contribution is 2.26. The van der Waals surface area contributed by atoms with Gasteiger partial charge in [-0.05, 0) is 18.2 Å². The number of aromatic amines is 1. The quantitative estimate of drug-likeness (QED) is 0.854. The molecule has 0 spiro atoms. The normalized spacial score (nSPS) is 17.5. The first-order valence-corrected chi connectivity index (χ1v) is 6.62. The first-order chi connectivity index (χ1) is 8.88. The molecular formula is C14H20N4. The first-order valence-electron chi connectivity index (χ1n) is 6.62. The summed E-state index contributed by atoms with van der Waals surface area (Å²) in [4.78, 5) is 8.19. The third-order valence-electron chi connectivity index (χ3n) is 3.73. The van der Waals surface area contributed by atoms with Crippen LogP contribution in [-0.2, 0) is 0 Å². The number of piperazine rings is 1. The van der Waals surface area contributed by atoms with Gasteiger partial charge in [0.05, 0.1) is 0 Å². The number of anilines is 1. The minimum atomic E-state index is 0.757. The fourth-order valence-electron chi connectivity index (χ4n) is 2.74. The highest BCUT2D eigenvalue weighted by molar-refractivity contribution is 5.92. The third kappa shape index (κ3) is 2.09. The highest BCUT2D eigenvalue weighted by atomic mass is 15.3. The van der Waals surface area contributed by atoms with Crippen molar-refractivity contribution in [3.05, 3.63) is 30.5 Å². The predicted octanol–water partition coefficient (Wildman–Crippen LogP) is 1.25. The van der Waals surface area contributed by atoms with Crippen molar-refractivity contribution >= 4 is 16.6 Å². The van der Waals surface area contributed by atoms with E-state index < -0.39 is 0 Å². The Morgan fingerprint density at radius 1 is 1.11 bits per heavy atom. The molecule has 0 bridgehead atoms. The second-order valence-corrected chi connectivity index (χ2v) is 4.83. The largest absolute Gasteiger partial charge is 0.368 e. The minimum absolute atomic E-state index is 0.757. The molecule has 1 aliphatic heterocycles. The summed E-state index contributed by atoms with van der Waals surface area (Å²) in [6.07, 6.45) is 2.01. The van der Waals surface area contributed by atoms with Crippen molar-refractivity contribution < 1.29 is 0 Å². The molecule has 1 saturated heterocycles. The number of benzene rings is 1. The molecule has 96 valence electrons. The summed E-state index contributed by atoms with van der Waals surface area (Å²) in [6.45, 7) is 6.17. The lowest BCUT2D eigenvalue weighted by atomic mass is 10.1.